The fraction of sp³-hybridized carbons (Fsp3) is 0.270. The predicted octanol–water partition coefficient (Wildman–Crippen LogP) is 9.42. The lowest BCUT2D eigenvalue weighted by Gasteiger charge is -2.15. The highest BCUT2D eigenvalue weighted by atomic mass is 35.5. The molecular formula is C37H35Cl4F2N3O6. The normalized spacial score (nSPS) is 11.0. The van der Waals surface area contributed by atoms with E-state index in [2.05, 4.69) is 16.0 Å². The molecule has 4 aromatic rings. The maximum atomic E-state index is 14.9. The molecule has 0 aliphatic rings. The van der Waals surface area contributed by atoms with Crippen molar-refractivity contribution in [3.05, 3.63) is 115 Å². The van der Waals surface area contributed by atoms with Crippen LogP contribution in [-0.2, 0) is 34.0 Å². The summed E-state index contributed by atoms with van der Waals surface area (Å²) in [7, 11) is 0. The number of benzene rings is 4. The van der Waals surface area contributed by atoms with Gasteiger partial charge in [0.2, 0.25) is 0 Å². The van der Waals surface area contributed by atoms with Gasteiger partial charge in [0.05, 0.1) is 37.9 Å². The van der Waals surface area contributed by atoms with Gasteiger partial charge in [-0.05, 0) is 69.7 Å². The summed E-state index contributed by atoms with van der Waals surface area (Å²) in [6.45, 7) is 6.54. The van der Waals surface area contributed by atoms with Crippen molar-refractivity contribution in [3.63, 3.8) is 0 Å². The van der Waals surface area contributed by atoms with Crippen LogP contribution in [0.4, 0.5) is 20.2 Å². The number of carbonyl (C=O) groups excluding carboxylic acids is 3. The van der Waals surface area contributed by atoms with Gasteiger partial charge in [-0.3, -0.25) is 9.59 Å². The minimum absolute atomic E-state index is 0.00921. The quantitative estimate of drug-likeness (QED) is 0.0806. The fourth-order valence-electron chi connectivity index (χ4n) is 4.83. The Hall–Kier alpha value is -4.29. The summed E-state index contributed by atoms with van der Waals surface area (Å²) >= 11 is 25.3. The number of halogens is 6. The first kappa shape index (κ1) is 40.5. The Kier molecular flexibility index (Phi) is 14.4. The number of carbonyl (C=O) groups is 3. The molecular weight excluding hydrogens is 762 g/mol. The van der Waals surface area contributed by atoms with E-state index in [1.807, 2.05) is 27.7 Å². The summed E-state index contributed by atoms with van der Waals surface area (Å²) in [5.74, 6) is -3.55. The molecule has 0 saturated carbocycles. The van der Waals surface area contributed by atoms with Gasteiger partial charge in [-0.15, -0.1) is 0 Å². The lowest BCUT2D eigenvalue weighted by molar-refractivity contribution is -0.158. The van der Waals surface area contributed by atoms with E-state index in [4.69, 9.17) is 60.6 Å². The number of ether oxygens (including phenoxy) is 3. The van der Waals surface area contributed by atoms with Gasteiger partial charge in [0, 0.05) is 28.8 Å². The van der Waals surface area contributed by atoms with Crippen molar-refractivity contribution in [3.8, 4) is 11.5 Å². The molecule has 0 aliphatic heterocycles. The fourth-order valence-corrected chi connectivity index (χ4v) is 6.07. The number of rotatable bonds is 15. The van der Waals surface area contributed by atoms with Crippen LogP contribution in [0.3, 0.4) is 0 Å². The average molecular weight is 798 g/mol. The van der Waals surface area contributed by atoms with E-state index < -0.39 is 36.0 Å². The molecule has 0 saturated heterocycles. The van der Waals surface area contributed by atoms with E-state index in [1.165, 1.54) is 24.3 Å². The zero-order chi connectivity index (χ0) is 38.1. The zero-order valence-corrected chi connectivity index (χ0v) is 31.5. The second kappa shape index (κ2) is 18.5. The van der Waals surface area contributed by atoms with Gasteiger partial charge in [0.1, 0.15) is 19.8 Å². The largest absolute Gasteiger partial charge is 0.486 e. The Bertz CT molecular complexity index is 1910. The van der Waals surface area contributed by atoms with Crippen molar-refractivity contribution >= 4 is 75.6 Å². The number of hydrogen-bond acceptors (Lipinski definition) is 8. The van der Waals surface area contributed by atoms with E-state index >= 15 is 0 Å². The van der Waals surface area contributed by atoms with E-state index in [0.717, 1.165) is 0 Å². The molecule has 15 heteroatoms. The second-order valence-corrected chi connectivity index (χ2v) is 13.7. The molecule has 0 aliphatic carbocycles. The monoisotopic (exact) mass is 795 g/mol. The van der Waals surface area contributed by atoms with E-state index in [0.29, 0.717) is 16.9 Å². The molecule has 0 heterocycles. The minimum Gasteiger partial charge on any atom is -0.486 e. The maximum Gasteiger partial charge on any atom is 0.333 e. The first-order chi connectivity index (χ1) is 24.6. The number of anilines is 2. The lowest BCUT2D eigenvalue weighted by Crippen LogP contribution is -2.32. The Balaban J connectivity index is 1.28. The number of hydrogen-bond donors (Lipinski definition) is 3. The zero-order valence-electron chi connectivity index (χ0n) is 28.5. The first-order valence-electron chi connectivity index (χ1n) is 15.9. The van der Waals surface area contributed by atoms with Gasteiger partial charge in [-0.1, -0.05) is 70.7 Å². The smallest absolute Gasteiger partial charge is 0.333 e. The Morgan fingerprint density at radius 2 is 1.12 bits per heavy atom. The number of amides is 1. The molecule has 0 atom stereocenters. The van der Waals surface area contributed by atoms with Crippen molar-refractivity contribution in [2.24, 2.45) is 0 Å². The summed E-state index contributed by atoms with van der Waals surface area (Å²) in [6.07, 6.45) is -0.383. The molecule has 0 unspecified atom stereocenters. The molecule has 0 spiro atoms. The molecule has 0 aromatic heterocycles. The third-order valence-corrected chi connectivity index (χ3v) is 8.20. The van der Waals surface area contributed by atoms with Gasteiger partial charge >= 0.3 is 11.9 Å². The van der Waals surface area contributed by atoms with E-state index in [9.17, 15) is 23.2 Å². The van der Waals surface area contributed by atoms with Gasteiger partial charge in [0.25, 0.3) is 5.91 Å². The molecule has 1 amide bonds. The van der Waals surface area contributed by atoms with Crippen LogP contribution in [0, 0.1) is 11.6 Å². The molecule has 9 nitrogen and oxygen atoms in total. The molecule has 0 bridgehead atoms. The summed E-state index contributed by atoms with van der Waals surface area (Å²) in [5, 5.41) is 8.42. The lowest BCUT2D eigenvalue weighted by atomic mass is 10.1. The molecule has 0 radical (unpaired) electrons. The van der Waals surface area contributed by atoms with Crippen LogP contribution in [0.1, 0.15) is 54.7 Å². The Morgan fingerprint density at radius 3 is 1.56 bits per heavy atom. The van der Waals surface area contributed by atoms with Gasteiger partial charge in [-0.25, -0.2) is 13.6 Å². The third-order valence-electron chi connectivity index (χ3n) is 7.08. The Morgan fingerprint density at radius 1 is 0.673 bits per heavy atom. The molecule has 276 valence electrons. The van der Waals surface area contributed by atoms with Gasteiger partial charge in [-0.2, -0.15) is 0 Å². The van der Waals surface area contributed by atoms with Crippen molar-refractivity contribution in [2.45, 2.75) is 59.4 Å². The average Bonchev–Trinajstić information content (AvgIpc) is 3.05. The molecule has 4 aromatic carbocycles. The topological polar surface area (TPSA) is 115 Å². The molecule has 0 fully saturated rings. The van der Waals surface area contributed by atoms with Crippen LogP contribution >= 0.6 is 46.4 Å². The predicted molar refractivity (Wildman–Crippen MR) is 199 cm³/mol. The highest BCUT2D eigenvalue weighted by molar-refractivity contribution is 6.38. The van der Waals surface area contributed by atoms with Crippen LogP contribution in [-0.4, -0.2) is 36.5 Å². The van der Waals surface area contributed by atoms with Crippen molar-refractivity contribution in [2.75, 3.05) is 17.2 Å². The maximum absolute atomic E-state index is 14.9. The van der Waals surface area contributed by atoms with Gasteiger partial charge < -0.3 is 30.2 Å². The molecule has 4 rings (SSSR count). The van der Waals surface area contributed by atoms with Crippen molar-refractivity contribution in [1.82, 2.24) is 5.32 Å². The van der Waals surface area contributed by atoms with Crippen molar-refractivity contribution < 1.29 is 37.4 Å². The van der Waals surface area contributed by atoms with Gasteiger partial charge in [0.15, 0.2) is 23.1 Å². The second-order valence-electron chi connectivity index (χ2n) is 12.1. The third kappa shape index (κ3) is 11.1. The number of esters is 2. The summed E-state index contributed by atoms with van der Waals surface area (Å²) < 4.78 is 45.9. The first-order valence-corrected chi connectivity index (χ1v) is 17.5. The van der Waals surface area contributed by atoms with Crippen molar-refractivity contribution in [1.29, 1.82) is 0 Å². The molecule has 52 heavy (non-hydrogen) atoms. The SMILES string of the molecule is CC(C)Nc1cccc(COc2c(Cl)cc(CC(=O)OC(=O)CNC(=O)c3cc(Cl)c(OCc4cccc(NC(C)C)c4F)c(Cl)c3)cc2Cl)c1F. The van der Waals surface area contributed by atoms with Crippen LogP contribution in [0.5, 0.6) is 11.5 Å². The summed E-state index contributed by atoms with van der Waals surface area (Å²) in [5.41, 5.74) is 1.49. The van der Waals surface area contributed by atoms with Crippen LogP contribution < -0.4 is 25.4 Å². The van der Waals surface area contributed by atoms with E-state index in [1.54, 1.807) is 36.4 Å². The highest BCUT2D eigenvalue weighted by Gasteiger charge is 2.20. The van der Waals surface area contributed by atoms with Crippen LogP contribution in [0.15, 0.2) is 60.7 Å². The van der Waals surface area contributed by atoms with Crippen LogP contribution in [0.2, 0.25) is 20.1 Å². The Labute approximate surface area is 319 Å². The molecule has 3 N–H and O–H groups in total. The highest BCUT2D eigenvalue weighted by Crippen LogP contribution is 2.37. The standard InChI is InChI=1S/C37H35Cl4F2N3O6/c1-19(2)45-29-9-5-7-22(33(29)42)17-50-35-25(38)11-21(12-26(35)39)13-31(47)52-32(48)16-44-37(49)24-14-27(40)36(28(41)15-24)51-18-23-8-6-10-30(34(23)43)46-20(3)4/h5-12,14-15,19-20,45-46H,13,16-18H2,1-4H3,(H,44,49). The minimum atomic E-state index is -1.04. The van der Waals surface area contributed by atoms with Crippen LogP contribution in [0.25, 0.3) is 0 Å². The van der Waals surface area contributed by atoms with E-state index in [-0.39, 0.29) is 80.0 Å². The summed E-state index contributed by atoms with van der Waals surface area (Å²) in [6, 6.07) is 15.1. The summed E-state index contributed by atoms with van der Waals surface area (Å²) in [4.78, 5) is 37.6. The number of nitrogens with one attached hydrogen (secondary N) is 3.